The van der Waals surface area contributed by atoms with Crippen LogP contribution in [0.25, 0.3) is 17.4 Å². The first kappa shape index (κ1) is 16.5. The van der Waals surface area contributed by atoms with Gasteiger partial charge >= 0.3 is 6.09 Å². The van der Waals surface area contributed by atoms with Crippen LogP contribution in [0.5, 0.6) is 0 Å². The van der Waals surface area contributed by atoms with E-state index in [2.05, 4.69) is 10.5 Å². The molecule has 0 unspecified atom stereocenters. The summed E-state index contributed by atoms with van der Waals surface area (Å²) in [5.41, 5.74) is 2.96. The minimum Gasteiger partial charge on any atom is -0.445 e. The molecule has 0 aliphatic carbocycles. The molecule has 1 heterocycles. The van der Waals surface area contributed by atoms with Gasteiger partial charge in [-0.15, -0.1) is 0 Å². The minimum atomic E-state index is -0.436. The van der Waals surface area contributed by atoms with Crippen LogP contribution in [0.15, 0.2) is 77.5 Å². The Morgan fingerprint density at radius 3 is 2.60 bits per heavy atom. The van der Waals surface area contributed by atoms with Crippen LogP contribution in [-0.2, 0) is 11.3 Å². The summed E-state index contributed by atoms with van der Waals surface area (Å²) in [4.78, 5) is 11.6. The maximum Gasteiger partial charge on any atom is 0.407 e. The SMILES string of the molecule is O=C(NCC=Cc1ccc(-c2ccno2)cc1)OCc1ccccc1. The van der Waals surface area contributed by atoms with Gasteiger partial charge in [0.1, 0.15) is 6.61 Å². The van der Waals surface area contributed by atoms with E-state index in [4.69, 9.17) is 9.26 Å². The Kier molecular flexibility index (Phi) is 5.61. The highest BCUT2D eigenvalue weighted by molar-refractivity contribution is 5.67. The third kappa shape index (κ3) is 5.07. The number of aromatic nitrogens is 1. The smallest absolute Gasteiger partial charge is 0.407 e. The highest BCUT2D eigenvalue weighted by atomic mass is 16.5. The fourth-order valence-electron chi connectivity index (χ4n) is 2.23. The summed E-state index contributed by atoms with van der Waals surface area (Å²) in [6.07, 6.45) is 4.98. The normalized spacial score (nSPS) is 10.7. The third-order valence-corrected chi connectivity index (χ3v) is 3.52. The Labute approximate surface area is 145 Å². The van der Waals surface area contributed by atoms with E-state index < -0.39 is 6.09 Å². The quantitative estimate of drug-likeness (QED) is 0.731. The van der Waals surface area contributed by atoms with Crippen molar-refractivity contribution in [2.24, 2.45) is 0 Å². The number of ether oxygens (including phenoxy) is 1. The lowest BCUT2D eigenvalue weighted by atomic mass is 10.1. The minimum absolute atomic E-state index is 0.263. The molecule has 1 aromatic heterocycles. The molecule has 0 bridgehead atoms. The lowest BCUT2D eigenvalue weighted by molar-refractivity contribution is 0.141. The molecule has 5 heteroatoms. The zero-order valence-electron chi connectivity index (χ0n) is 13.6. The summed E-state index contributed by atoms with van der Waals surface area (Å²) in [6, 6.07) is 19.3. The summed E-state index contributed by atoms with van der Waals surface area (Å²) in [6.45, 7) is 0.664. The van der Waals surface area contributed by atoms with Gasteiger partial charge < -0.3 is 14.6 Å². The summed E-state index contributed by atoms with van der Waals surface area (Å²) < 4.78 is 10.2. The van der Waals surface area contributed by atoms with Gasteiger partial charge in [-0.2, -0.15) is 0 Å². The van der Waals surface area contributed by atoms with Gasteiger partial charge in [-0.3, -0.25) is 0 Å². The lowest BCUT2D eigenvalue weighted by Crippen LogP contribution is -2.24. The number of carbonyl (C=O) groups is 1. The number of nitrogens with zero attached hydrogens (tertiary/aromatic N) is 1. The molecule has 1 amide bonds. The van der Waals surface area contributed by atoms with E-state index in [1.165, 1.54) is 0 Å². The first-order chi connectivity index (χ1) is 12.3. The largest absolute Gasteiger partial charge is 0.445 e. The maximum absolute atomic E-state index is 11.6. The van der Waals surface area contributed by atoms with Crippen molar-refractivity contribution in [1.82, 2.24) is 10.5 Å². The van der Waals surface area contributed by atoms with Gasteiger partial charge in [0, 0.05) is 18.2 Å². The van der Waals surface area contributed by atoms with Gasteiger partial charge in [-0.1, -0.05) is 71.9 Å². The molecule has 25 heavy (non-hydrogen) atoms. The molecule has 5 nitrogen and oxygen atoms in total. The second kappa shape index (κ2) is 8.49. The topological polar surface area (TPSA) is 64.4 Å². The van der Waals surface area contributed by atoms with E-state index in [-0.39, 0.29) is 6.61 Å². The van der Waals surface area contributed by atoms with Crippen molar-refractivity contribution in [2.45, 2.75) is 6.61 Å². The van der Waals surface area contributed by atoms with Gasteiger partial charge in [-0.25, -0.2) is 4.79 Å². The number of amides is 1. The molecule has 3 aromatic rings. The Morgan fingerprint density at radius 1 is 1.08 bits per heavy atom. The fourth-order valence-corrected chi connectivity index (χ4v) is 2.23. The summed E-state index contributed by atoms with van der Waals surface area (Å²) in [5, 5.41) is 6.38. The number of hydrogen-bond donors (Lipinski definition) is 1. The lowest BCUT2D eigenvalue weighted by Gasteiger charge is -2.05. The molecule has 0 radical (unpaired) electrons. The van der Waals surface area contributed by atoms with Crippen molar-refractivity contribution in [3.05, 3.63) is 84.1 Å². The number of alkyl carbamates (subject to hydrolysis) is 1. The van der Waals surface area contributed by atoms with E-state index in [0.717, 1.165) is 22.5 Å². The monoisotopic (exact) mass is 334 g/mol. The van der Waals surface area contributed by atoms with Gasteiger partial charge in [0.25, 0.3) is 0 Å². The second-order valence-electron chi connectivity index (χ2n) is 5.34. The standard InChI is InChI=1S/C20H18N2O3/c23-20(24-15-17-5-2-1-3-6-17)21-13-4-7-16-8-10-18(11-9-16)19-12-14-22-25-19/h1-12,14H,13,15H2,(H,21,23). The van der Waals surface area contributed by atoms with E-state index in [0.29, 0.717) is 6.54 Å². The van der Waals surface area contributed by atoms with Crippen molar-refractivity contribution >= 4 is 12.2 Å². The number of carbonyl (C=O) groups excluding carboxylic acids is 1. The molecule has 0 atom stereocenters. The van der Waals surface area contributed by atoms with Crippen LogP contribution in [0.4, 0.5) is 4.79 Å². The van der Waals surface area contributed by atoms with Gasteiger partial charge in [0.15, 0.2) is 5.76 Å². The highest BCUT2D eigenvalue weighted by Crippen LogP contribution is 2.19. The number of benzene rings is 2. The van der Waals surface area contributed by atoms with E-state index in [1.54, 1.807) is 6.20 Å². The molecule has 0 aliphatic heterocycles. The summed E-state index contributed by atoms with van der Waals surface area (Å²) in [5.74, 6) is 0.735. The Hall–Kier alpha value is -3.34. The van der Waals surface area contributed by atoms with E-state index >= 15 is 0 Å². The number of hydrogen-bond acceptors (Lipinski definition) is 4. The molecule has 0 aliphatic rings. The highest BCUT2D eigenvalue weighted by Gasteiger charge is 2.01. The van der Waals surface area contributed by atoms with Crippen LogP contribution in [0, 0.1) is 0 Å². The van der Waals surface area contributed by atoms with Crippen molar-refractivity contribution in [1.29, 1.82) is 0 Å². The average Bonchev–Trinajstić information content (AvgIpc) is 3.20. The molecule has 0 saturated heterocycles. The van der Waals surface area contributed by atoms with E-state index in [9.17, 15) is 4.79 Å². The predicted molar refractivity (Wildman–Crippen MR) is 95.6 cm³/mol. The fraction of sp³-hybridized carbons (Fsp3) is 0.100. The van der Waals surface area contributed by atoms with Crippen LogP contribution in [0.1, 0.15) is 11.1 Å². The number of nitrogens with one attached hydrogen (secondary N) is 1. The van der Waals surface area contributed by atoms with Crippen LogP contribution in [-0.4, -0.2) is 17.8 Å². The predicted octanol–water partition coefficient (Wildman–Crippen LogP) is 4.28. The van der Waals surface area contributed by atoms with Crippen molar-refractivity contribution in [2.75, 3.05) is 6.54 Å². The average molecular weight is 334 g/mol. The Bertz CT molecular complexity index is 810. The first-order valence-corrected chi connectivity index (χ1v) is 7.93. The molecule has 2 aromatic carbocycles. The summed E-state index contributed by atoms with van der Waals surface area (Å²) >= 11 is 0. The molecule has 1 N–H and O–H groups in total. The van der Waals surface area contributed by atoms with Crippen molar-refractivity contribution < 1.29 is 14.1 Å². The number of rotatable bonds is 6. The first-order valence-electron chi connectivity index (χ1n) is 7.93. The molecular formula is C20H18N2O3. The van der Waals surface area contributed by atoms with Crippen molar-refractivity contribution in [3.63, 3.8) is 0 Å². The third-order valence-electron chi connectivity index (χ3n) is 3.52. The van der Waals surface area contributed by atoms with Crippen LogP contribution >= 0.6 is 0 Å². The Balaban J connectivity index is 1.41. The zero-order valence-corrected chi connectivity index (χ0v) is 13.6. The van der Waals surface area contributed by atoms with Crippen LogP contribution in [0.2, 0.25) is 0 Å². The van der Waals surface area contributed by atoms with Crippen LogP contribution in [0.3, 0.4) is 0 Å². The van der Waals surface area contributed by atoms with Gasteiger partial charge in [-0.05, 0) is 11.1 Å². The molecule has 3 rings (SSSR count). The molecule has 0 fully saturated rings. The maximum atomic E-state index is 11.6. The van der Waals surface area contributed by atoms with Gasteiger partial charge in [0.05, 0.1) is 6.20 Å². The molecular weight excluding hydrogens is 316 g/mol. The second-order valence-corrected chi connectivity index (χ2v) is 5.34. The Morgan fingerprint density at radius 2 is 1.88 bits per heavy atom. The zero-order chi connectivity index (χ0) is 17.3. The van der Waals surface area contributed by atoms with Gasteiger partial charge in [0.2, 0.25) is 0 Å². The molecule has 0 spiro atoms. The van der Waals surface area contributed by atoms with E-state index in [1.807, 2.05) is 72.8 Å². The molecule has 0 saturated carbocycles. The summed E-state index contributed by atoms with van der Waals surface area (Å²) in [7, 11) is 0. The molecule has 126 valence electrons. The van der Waals surface area contributed by atoms with Crippen LogP contribution < -0.4 is 5.32 Å². The van der Waals surface area contributed by atoms with Crippen molar-refractivity contribution in [3.8, 4) is 11.3 Å².